The summed E-state index contributed by atoms with van der Waals surface area (Å²) >= 11 is 0. The van der Waals surface area contributed by atoms with Gasteiger partial charge in [0.05, 0.1) is 0 Å². The van der Waals surface area contributed by atoms with Gasteiger partial charge >= 0.3 is 0 Å². The maximum Gasteiger partial charge on any atom is 0.248 e. The summed E-state index contributed by atoms with van der Waals surface area (Å²) in [6.07, 6.45) is 0. The minimum atomic E-state index is 0.473. The molecule has 1 heterocycles. The summed E-state index contributed by atoms with van der Waals surface area (Å²) in [5.74, 6) is 0.981. The number of benzene rings is 2. The molecule has 4 nitrogen and oxygen atoms in total. The average molecular weight is 237 g/mol. The molecule has 0 atom stereocenters. The molecule has 0 saturated heterocycles. The predicted molar refractivity (Wildman–Crippen MR) is 69.6 cm³/mol. The van der Waals surface area contributed by atoms with Crippen molar-refractivity contribution in [3.05, 3.63) is 54.6 Å². The highest BCUT2D eigenvalue weighted by molar-refractivity contribution is 5.61. The second kappa shape index (κ2) is 4.33. The number of hydrogen-bond acceptors (Lipinski definition) is 4. The Balaban J connectivity index is 2.00. The van der Waals surface area contributed by atoms with Gasteiger partial charge in [-0.1, -0.05) is 24.3 Å². The fraction of sp³-hybridized carbons (Fsp3) is 0. The molecule has 0 radical (unpaired) electrons. The maximum absolute atomic E-state index is 5.72. The van der Waals surface area contributed by atoms with Crippen molar-refractivity contribution in [2.24, 2.45) is 0 Å². The van der Waals surface area contributed by atoms with Gasteiger partial charge in [-0.25, -0.2) is 0 Å². The Morgan fingerprint density at radius 2 is 1.44 bits per heavy atom. The molecule has 1 aromatic heterocycles. The molecule has 2 aromatic carbocycles. The average Bonchev–Trinajstić information content (AvgIpc) is 2.89. The lowest BCUT2D eigenvalue weighted by atomic mass is 10.2. The largest absolute Gasteiger partial charge is 0.416 e. The summed E-state index contributed by atoms with van der Waals surface area (Å²) in [6.45, 7) is 0. The standard InChI is InChI=1S/C14H11N3O/c15-12-8-4-7-11(9-12)14-17-16-13(18-14)10-5-2-1-3-6-10/h1-9H,15H2. The zero-order valence-corrected chi connectivity index (χ0v) is 9.58. The van der Waals surface area contributed by atoms with Gasteiger partial charge in [0.1, 0.15) is 0 Å². The Bertz CT molecular complexity index is 662. The molecule has 0 aliphatic carbocycles. The van der Waals surface area contributed by atoms with Crippen LogP contribution in [0.25, 0.3) is 22.9 Å². The van der Waals surface area contributed by atoms with Gasteiger partial charge in [-0.05, 0) is 30.3 Å². The SMILES string of the molecule is Nc1cccc(-c2nnc(-c3ccccc3)o2)c1. The summed E-state index contributed by atoms with van der Waals surface area (Å²) in [4.78, 5) is 0. The molecule has 0 aliphatic rings. The molecule has 88 valence electrons. The number of nitrogen functional groups attached to an aromatic ring is 1. The first-order valence-corrected chi connectivity index (χ1v) is 5.58. The van der Waals surface area contributed by atoms with Gasteiger partial charge in [-0.15, -0.1) is 10.2 Å². The third kappa shape index (κ3) is 1.96. The Morgan fingerprint density at radius 1 is 0.778 bits per heavy atom. The van der Waals surface area contributed by atoms with Crippen LogP contribution in [-0.2, 0) is 0 Å². The molecule has 0 unspecified atom stereocenters. The molecule has 0 saturated carbocycles. The molecular formula is C14H11N3O. The summed E-state index contributed by atoms with van der Waals surface area (Å²) in [5, 5.41) is 8.07. The van der Waals surface area contributed by atoms with Crippen molar-refractivity contribution in [2.75, 3.05) is 5.73 Å². The summed E-state index contributed by atoms with van der Waals surface area (Å²) in [5.41, 5.74) is 8.12. The quantitative estimate of drug-likeness (QED) is 0.696. The molecule has 0 amide bonds. The van der Waals surface area contributed by atoms with Gasteiger partial charge in [0.2, 0.25) is 11.8 Å². The molecule has 0 aliphatic heterocycles. The third-order valence-electron chi connectivity index (χ3n) is 2.58. The van der Waals surface area contributed by atoms with Crippen LogP contribution in [0.5, 0.6) is 0 Å². The normalized spacial score (nSPS) is 10.4. The second-order valence-corrected chi connectivity index (χ2v) is 3.90. The topological polar surface area (TPSA) is 64.9 Å². The van der Waals surface area contributed by atoms with Gasteiger partial charge in [-0.3, -0.25) is 0 Å². The highest BCUT2D eigenvalue weighted by Crippen LogP contribution is 2.24. The van der Waals surface area contributed by atoms with Crippen LogP contribution in [0.15, 0.2) is 59.0 Å². The smallest absolute Gasteiger partial charge is 0.248 e. The maximum atomic E-state index is 5.72. The molecular weight excluding hydrogens is 226 g/mol. The molecule has 3 aromatic rings. The van der Waals surface area contributed by atoms with Crippen LogP contribution < -0.4 is 5.73 Å². The van der Waals surface area contributed by atoms with E-state index in [-0.39, 0.29) is 0 Å². The molecule has 0 fully saturated rings. The van der Waals surface area contributed by atoms with Gasteiger partial charge in [0.15, 0.2) is 0 Å². The highest BCUT2D eigenvalue weighted by atomic mass is 16.4. The summed E-state index contributed by atoms with van der Waals surface area (Å²) in [7, 11) is 0. The molecule has 3 rings (SSSR count). The van der Waals surface area contributed by atoms with E-state index in [1.165, 1.54) is 0 Å². The van der Waals surface area contributed by atoms with Crippen LogP contribution in [0.2, 0.25) is 0 Å². The van der Waals surface area contributed by atoms with Gasteiger partial charge < -0.3 is 10.2 Å². The minimum absolute atomic E-state index is 0.473. The summed E-state index contributed by atoms with van der Waals surface area (Å²) < 4.78 is 5.63. The zero-order chi connectivity index (χ0) is 12.4. The van der Waals surface area contributed by atoms with Crippen LogP contribution in [0.3, 0.4) is 0 Å². The van der Waals surface area contributed by atoms with Crippen LogP contribution in [-0.4, -0.2) is 10.2 Å². The third-order valence-corrected chi connectivity index (χ3v) is 2.58. The number of anilines is 1. The van der Waals surface area contributed by atoms with E-state index in [9.17, 15) is 0 Å². The Labute approximate surface area is 104 Å². The van der Waals surface area contributed by atoms with E-state index in [2.05, 4.69) is 10.2 Å². The van der Waals surface area contributed by atoms with Crippen molar-refractivity contribution in [3.8, 4) is 22.9 Å². The van der Waals surface area contributed by atoms with Crippen LogP contribution in [0, 0.1) is 0 Å². The molecule has 4 heteroatoms. The van der Waals surface area contributed by atoms with Crippen molar-refractivity contribution in [2.45, 2.75) is 0 Å². The first-order chi connectivity index (χ1) is 8.83. The lowest BCUT2D eigenvalue weighted by Crippen LogP contribution is -1.84. The van der Waals surface area contributed by atoms with Gasteiger partial charge in [0, 0.05) is 16.8 Å². The number of aromatic nitrogens is 2. The first kappa shape index (κ1) is 10.5. The molecule has 2 N–H and O–H groups in total. The number of rotatable bonds is 2. The first-order valence-electron chi connectivity index (χ1n) is 5.58. The fourth-order valence-electron chi connectivity index (χ4n) is 1.71. The molecule has 18 heavy (non-hydrogen) atoms. The predicted octanol–water partition coefficient (Wildman–Crippen LogP) is 2.99. The Kier molecular flexibility index (Phi) is 2.53. The van der Waals surface area contributed by atoms with Crippen molar-refractivity contribution in [1.29, 1.82) is 0 Å². The minimum Gasteiger partial charge on any atom is -0.416 e. The molecule has 0 bridgehead atoms. The van der Waals surface area contributed by atoms with Crippen LogP contribution in [0.1, 0.15) is 0 Å². The van der Waals surface area contributed by atoms with E-state index in [0.29, 0.717) is 17.5 Å². The monoisotopic (exact) mass is 237 g/mol. The van der Waals surface area contributed by atoms with E-state index >= 15 is 0 Å². The van der Waals surface area contributed by atoms with Crippen molar-refractivity contribution in [3.63, 3.8) is 0 Å². The zero-order valence-electron chi connectivity index (χ0n) is 9.58. The Hall–Kier alpha value is -2.62. The van der Waals surface area contributed by atoms with Crippen molar-refractivity contribution < 1.29 is 4.42 Å². The van der Waals surface area contributed by atoms with Crippen molar-refractivity contribution in [1.82, 2.24) is 10.2 Å². The van der Waals surface area contributed by atoms with Gasteiger partial charge in [-0.2, -0.15) is 0 Å². The van der Waals surface area contributed by atoms with E-state index in [4.69, 9.17) is 10.2 Å². The number of nitrogens with two attached hydrogens (primary N) is 1. The highest BCUT2D eigenvalue weighted by Gasteiger charge is 2.09. The van der Waals surface area contributed by atoms with Gasteiger partial charge in [0.25, 0.3) is 0 Å². The van der Waals surface area contributed by atoms with E-state index < -0.39 is 0 Å². The lowest BCUT2D eigenvalue weighted by Gasteiger charge is -1.96. The fourth-order valence-corrected chi connectivity index (χ4v) is 1.71. The lowest BCUT2D eigenvalue weighted by molar-refractivity contribution is 0.584. The van der Waals surface area contributed by atoms with E-state index in [1.54, 1.807) is 0 Å². The Morgan fingerprint density at radius 3 is 2.17 bits per heavy atom. The number of hydrogen-bond donors (Lipinski definition) is 1. The number of nitrogens with zero attached hydrogens (tertiary/aromatic N) is 2. The van der Waals surface area contributed by atoms with Crippen LogP contribution >= 0.6 is 0 Å². The van der Waals surface area contributed by atoms with Crippen molar-refractivity contribution >= 4 is 5.69 Å². The molecule has 0 spiro atoms. The van der Waals surface area contributed by atoms with Crippen LogP contribution in [0.4, 0.5) is 5.69 Å². The second-order valence-electron chi connectivity index (χ2n) is 3.90. The van der Waals surface area contributed by atoms with E-state index in [0.717, 1.165) is 11.1 Å². The van der Waals surface area contributed by atoms with E-state index in [1.807, 2.05) is 54.6 Å². The summed E-state index contributed by atoms with van der Waals surface area (Å²) in [6, 6.07) is 17.0.